The number of piperazine rings is 1. The van der Waals surface area contributed by atoms with Crippen LogP contribution in [0.4, 0.5) is 4.39 Å². The van der Waals surface area contributed by atoms with Gasteiger partial charge in [-0.2, -0.15) is 4.98 Å². The molecule has 136 valence electrons. The highest BCUT2D eigenvalue weighted by Gasteiger charge is 2.24. The molecule has 1 aliphatic heterocycles. The van der Waals surface area contributed by atoms with Crippen molar-refractivity contribution in [2.24, 2.45) is 5.73 Å². The van der Waals surface area contributed by atoms with Gasteiger partial charge >= 0.3 is 0 Å². The molecule has 0 radical (unpaired) electrons. The largest absolute Gasteiger partial charge is 0.338 e. The van der Waals surface area contributed by atoms with Crippen LogP contribution in [0.2, 0.25) is 5.02 Å². The SMILES string of the molecule is CC(C)(N)c1noc(CN2CCN(Cc3c(F)cccc3Cl)CC2)n1. The van der Waals surface area contributed by atoms with Crippen LogP contribution < -0.4 is 5.73 Å². The van der Waals surface area contributed by atoms with Gasteiger partial charge in [0.15, 0.2) is 5.82 Å². The van der Waals surface area contributed by atoms with Crippen LogP contribution in [0, 0.1) is 5.82 Å². The molecule has 0 spiro atoms. The van der Waals surface area contributed by atoms with E-state index in [1.807, 2.05) is 13.8 Å². The van der Waals surface area contributed by atoms with E-state index in [0.29, 0.717) is 35.4 Å². The Morgan fingerprint density at radius 2 is 1.84 bits per heavy atom. The maximum Gasteiger partial charge on any atom is 0.240 e. The second kappa shape index (κ2) is 7.37. The summed E-state index contributed by atoms with van der Waals surface area (Å²) in [6, 6.07) is 4.80. The molecular weight excluding hydrogens is 345 g/mol. The van der Waals surface area contributed by atoms with Crippen LogP contribution in [0.3, 0.4) is 0 Å². The van der Waals surface area contributed by atoms with E-state index >= 15 is 0 Å². The van der Waals surface area contributed by atoms with Crippen LogP contribution in [0.1, 0.15) is 31.1 Å². The number of aromatic nitrogens is 2. The van der Waals surface area contributed by atoms with Crippen LogP contribution in [-0.2, 0) is 18.6 Å². The summed E-state index contributed by atoms with van der Waals surface area (Å²) in [6.45, 7) is 8.14. The molecule has 8 heteroatoms. The molecule has 6 nitrogen and oxygen atoms in total. The molecular formula is C17H23ClFN5O. The van der Waals surface area contributed by atoms with E-state index in [2.05, 4.69) is 19.9 Å². The lowest BCUT2D eigenvalue weighted by atomic mass is 10.1. The first-order valence-electron chi connectivity index (χ1n) is 8.32. The molecule has 0 bridgehead atoms. The van der Waals surface area contributed by atoms with Crippen molar-refractivity contribution in [3.63, 3.8) is 0 Å². The topological polar surface area (TPSA) is 71.4 Å². The van der Waals surface area contributed by atoms with Crippen LogP contribution in [-0.4, -0.2) is 46.1 Å². The van der Waals surface area contributed by atoms with E-state index in [1.165, 1.54) is 6.07 Å². The highest BCUT2D eigenvalue weighted by Crippen LogP contribution is 2.21. The van der Waals surface area contributed by atoms with Gasteiger partial charge in [0.05, 0.1) is 12.1 Å². The number of rotatable bonds is 5. The monoisotopic (exact) mass is 367 g/mol. The van der Waals surface area contributed by atoms with Crippen molar-refractivity contribution in [1.82, 2.24) is 19.9 Å². The number of hydrogen-bond acceptors (Lipinski definition) is 6. The van der Waals surface area contributed by atoms with E-state index in [-0.39, 0.29) is 5.82 Å². The smallest absolute Gasteiger partial charge is 0.240 e. The van der Waals surface area contributed by atoms with Crippen LogP contribution >= 0.6 is 11.6 Å². The molecule has 3 rings (SSSR count). The van der Waals surface area contributed by atoms with Gasteiger partial charge in [-0.3, -0.25) is 9.80 Å². The van der Waals surface area contributed by atoms with Gasteiger partial charge in [0.1, 0.15) is 5.82 Å². The Labute approximate surface area is 151 Å². The lowest BCUT2D eigenvalue weighted by molar-refractivity contribution is 0.111. The minimum Gasteiger partial charge on any atom is -0.338 e. The van der Waals surface area contributed by atoms with Crippen LogP contribution in [0.5, 0.6) is 0 Å². The van der Waals surface area contributed by atoms with Gasteiger partial charge in [-0.25, -0.2) is 4.39 Å². The van der Waals surface area contributed by atoms with Crippen molar-refractivity contribution < 1.29 is 8.91 Å². The Morgan fingerprint density at radius 3 is 2.40 bits per heavy atom. The maximum absolute atomic E-state index is 13.9. The summed E-state index contributed by atoms with van der Waals surface area (Å²) in [7, 11) is 0. The molecule has 0 aliphatic carbocycles. The Kier molecular flexibility index (Phi) is 5.38. The first-order chi connectivity index (χ1) is 11.8. The molecule has 1 aromatic carbocycles. The molecule has 25 heavy (non-hydrogen) atoms. The summed E-state index contributed by atoms with van der Waals surface area (Å²) in [4.78, 5) is 8.79. The molecule has 1 fully saturated rings. The summed E-state index contributed by atoms with van der Waals surface area (Å²) in [5.41, 5.74) is 5.92. The van der Waals surface area contributed by atoms with Gasteiger partial charge in [0, 0.05) is 43.3 Å². The summed E-state index contributed by atoms with van der Waals surface area (Å²) < 4.78 is 19.2. The van der Waals surface area contributed by atoms with Gasteiger partial charge < -0.3 is 10.3 Å². The first-order valence-corrected chi connectivity index (χ1v) is 8.70. The fraction of sp³-hybridized carbons (Fsp3) is 0.529. The van der Waals surface area contributed by atoms with E-state index in [4.69, 9.17) is 21.9 Å². The van der Waals surface area contributed by atoms with Crippen molar-refractivity contribution in [1.29, 1.82) is 0 Å². The van der Waals surface area contributed by atoms with E-state index in [9.17, 15) is 4.39 Å². The lowest BCUT2D eigenvalue weighted by Crippen LogP contribution is -2.45. The quantitative estimate of drug-likeness (QED) is 0.874. The molecule has 1 aromatic heterocycles. The number of hydrogen-bond donors (Lipinski definition) is 1. The molecule has 2 heterocycles. The Morgan fingerprint density at radius 1 is 1.20 bits per heavy atom. The molecule has 1 aliphatic rings. The Bertz CT molecular complexity index is 702. The second-order valence-corrected chi connectivity index (χ2v) is 7.39. The summed E-state index contributed by atoms with van der Waals surface area (Å²) in [6.07, 6.45) is 0. The average molecular weight is 368 g/mol. The van der Waals surface area contributed by atoms with Crippen molar-refractivity contribution in [2.45, 2.75) is 32.5 Å². The maximum atomic E-state index is 13.9. The molecule has 0 saturated carbocycles. The minimum absolute atomic E-state index is 0.252. The fourth-order valence-electron chi connectivity index (χ4n) is 2.78. The number of halogens is 2. The van der Waals surface area contributed by atoms with Gasteiger partial charge in [-0.15, -0.1) is 0 Å². The van der Waals surface area contributed by atoms with E-state index in [0.717, 1.165) is 26.2 Å². The zero-order valence-electron chi connectivity index (χ0n) is 14.5. The highest BCUT2D eigenvalue weighted by molar-refractivity contribution is 6.31. The number of nitrogens with zero attached hydrogens (tertiary/aromatic N) is 4. The zero-order chi connectivity index (χ0) is 18.0. The minimum atomic E-state index is -0.612. The third-order valence-corrected chi connectivity index (χ3v) is 4.67. The predicted molar refractivity (Wildman–Crippen MR) is 93.5 cm³/mol. The molecule has 0 atom stereocenters. The zero-order valence-corrected chi connectivity index (χ0v) is 15.3. The van der Waals surface area contributed by atoms with Gasteiger partial charge in [-0.1, -0.05) is 22.8 Å². The van der Waals surface area contributed by atoms with Gasteiger partial charge in [0.2, 0.25) is 5.89 Å². The van der Waals surface area contributed by atoms with Gasteiger partial charge in [-0.05, 0) is 26.0 Å². The van der Waals surface area contributed by atoms with Crippen molar-refractivity contribution in [3.05, 3.63) is 46.3 Å². The molecule has 0 amide bonds. The summed E-state index contributed by atoms with van der Waals surface area (Å²) in [5.74, 6) is 0.826. The predicted octanol–water partition coefficient (Wildman–Crippen LogP) is 2.37. The lowest BCUT2D eigenvalue weighted by Gasteiger charge is -2.34. The standard InChI is InChI=1S/C17H23ClFN5O/c1-17(2,20)16-21-15(25-22-16)11-24-8-6-23(7-9-24)10-12-13(18)4-3-5-14(12)19/h3-5H,6-11,20H2,1-2H3. The Balaban J connectivity index is 1.53. The highest BCUT2D eigenvalue weighted by atomic mass is 35.5. The Hall–Kier alpha value is -1.54. The summed E-state index contributed by atoms with van der Waals surface area (Å²) >= 11 is 6.11. The van der Waals surface area contributed by atoms with Gasteiger partial charge in [0.25, 0.3) is 0 Å². The third kappa shape index (κ3) is 4.55. The molecule has 1 saturated heterocycles. The average Bonchev–Trinajstić information content (AvgIpc) is 3.01. The van der Waals surface area contributed by atoms with Crippen molar-refractivity contribution in [3.8, 4) is 0 Å². The molecule has 0 unspecified atom stereocenters. The number of nitrogens with two attached hydrogens (primary N) is 1. The molecule has 2 aromatic rings. The van der Waals surface area contributed by atoms with E-state index in [1.54, 1.807) is 12.1 Å². The first kappa shape index (κ1) is 18.3. The second-order valence-electron chi connectivity index (χ2n) is 6.99. The van der Waals surface area contributed by atoms with Crippen molar-refractivity contribution in [2.75, 3.05) is 26.2 Å². The summed E-state index contributed by atoms with van der Waals surface area (Å²) in [5, 5.41) is 4.42. The number of benzene rings is 1. The normalized spacial score (nSPS) is 17.2. The van der Waals surface area contributed by atoms with E-state index < -0.39 is 5.54 Å². The van der Waals surface area contributed by atoms with Crippen LogP contribution in [0.25, 0.3) is 0 Å². The molecule has 2 N–H and O–H groups in total. The third-order valence-electron chi connectivity index (χ3n) is 4.31. The fourth-order valence-corrected chi connectivity index (χ4v) is 3.01. The van der Waals surface area contributed by atoms with Crippen molar-refractivity contribution >= 4 is 11.6 Å². The van der Waals surface area contributed by atoms with Crippen LogP contribution in [0.15, 0.2) is 22.7 Å².